The maximum atomic E-state index is 11.8. The van der Waals surface area contributed by atoms with E-state index in [0.717, 1.165) is 30.5 Å². The van der Waals surface area contributed by atoms with Crippen LogP contribution in [0.25, 0.3) is 11.4 Å². The van der Waals surface area contributed by atoms with E-state index in [1.54, 1.807) is 0 Å². The van der Waals surface area contributed by atoms with Crippen molar-refractivity contribution in [1.82, 2.24) is 20.6 Å². The summed E-state index contributed by atoms with van der Waals surface area (Å²) >= 11 is 0. The molecule has 0 radical (unpaired) electrons. The number of aromatic nitrogens is 4. The van der Waals surface area contributed by atoms with Gasteiger partial charge in [-0.25, -0.2) is 0 Å². The first kappa shape index (κ1) is 14.1. The fourth-order valence-electron chi connectivity index (χ4n) is 1.85. The van der Waals surface area contributed by atoms with Crippen LogP contribution in [0.3, 0.4) is 0 Å². The second-order valence-electron chi connectivity index (χ2n) is 4.46. The smallest absolute Gasteiger partial charge is 0.224 e. The second kappa shape index (κ2) is 7.34. The monoisotopic (exact) mass is 274 g/mol. The number of hydrogen-bond acceptors (Lipinski definition) is 5. The van der Waals surface area contributed by atoms with Gasteiger partial charge < -0.3 is 11.1 Å². The number of carbonyl (C=O) groups excluding carboxylic acids is 1. The maximum Gasteiger partial charge on any atom is 0.224 e. The fourth-order valence-corrected chi connectivity index (χ4v) is 1.85. The van der Waals surface area contributed by atoms with E-state index < -0.39 is 0 Å². The predicted molar refractivity (Wildman–Crippen MR) is 75.8 cm³/mol. The summed E-state index contributed by atoms with van der Waals surface area (Å²) in [5.41, 5.74) is 6.95. The van der Waals surface area contributed by atoms with Crippen molar-refractivity contribution in [1.29, 1.82) is 0 Å². The van der Waals surface area contributed by atoms with E-state index in [0.29, 0.717) is 18.8 Å². The quantitative estimate of drug-likeness (QED) is 0.660. The van der Waals surface area contributed by atoms with Crippen molar-refractivity contribution >= 4 is 11.6 Å². The van der Waals surface area contributed by atoms with Crippen LogP contribution < -0.4 is 11.1 Å². The summed E-state index contributed by atoms with van der Waals surface area (Å²) in [4.78, 5) is 11.8. The minimum absolute atomic E-state index is 0.00674. The molecule has 0 atom stereocenters. The highest BCUT2D eigenvalue weighted by Gasteiger charge is 2.06. The Hall–Kier alpha value is -2.28. The SMILES string of the molecule is NCCCCCC(=O)Nc1cccc(-c2nn[nH]n2)c1. The Balaban J connectivity index is 1.90. The highest BCUT2D eigenvalue weighted by molar-refractivity contribution is 5.91. The standard InChI is InChI=1S/C13H18N6O/c14-8-3-1-2-7-12(20)15-11-6-4-5-10(9-11)13-16-18-19-17-13/h4-6,9H,1-3,7-8,14H2,(H,15,20)(H,16,17,18,19). The maximum absolute atomic E-state index is 11.8. The van der Waals surface area contributed by atoms with Crippen LogP contribution >= 0.6 is 0 Å². The third-order valence-corrected chi connectivity index (χ3v) is 2.86. The molecule has 0 fully saturated rings. The van der Waals surface area contributed by atoms with Gasteiger partial charge in [0.2, 0.25) is 11.7 Å². The average molecular weight is 274 g/mol. The second-order valence-corrected chi connectivity index (χ2v) is 4.46. The van der Waals surface area contributed by atoms with E-state index in [1.165, 1.54) is 0 Å². The molecular formula is C13H18N6O. The molecule has 106 valence electrons. The average Bonchev–Trinajstić information content (AvgIpc) is 2.98. The molecule has 2 aromatic rings. The molecule has 0 bridgehead atoms. The zero-order chi connectivity index (χ0) is 14.2. The number of hydrogen-bond donors (Lipinski definition) is 3. The van der Waals surface area contributed by atoms with Crippen molar-refractivity contribution in [3.05, 3.63) is 24.3 Å². The van der Waals surface area contributed by atoms with Crippen LogP contribution in [-0.2, 0) is 4.79 Å². The van der Waals surface area contributed by atoms with E-state index in [-0.39, 0.29) is 5.91 Å². The van der Waals surface area contributed by atoms with Crippen LogP contribution in [-0.4, -0.2) is 33.1 Å². The van der Waals surface area contributed by atoms with Crippen LogP contribution in [0.15, 0.2) is 24.3 Å². The molecule has 4 N–H and O–H groups in total. The summed E-state index contributed by atoms with van der Waals surface area (Å²) < 4.78 is 0. The summed E-state index contributed by atoms with van der Waals surface area (Å²) in [5, 5.41) is 16.6. The van der Waals surface area contributed by atoms with E-state index in [9.17, 15) is 4.79 Å². The lowest BCUT2D eigenvalue weighted by Gasteiger charge is -2.06. The van der Waals surface area contributed by atoms with Gasteiger partial charge in [-0.2, -0.15) is 5.21 Å². The topological polar surface area (TPSA) is 110 Å². The number of nitrogens with one attached hydrogen (secondary N) is 2. The minimum Gasteiger partial charge on any atom is -0.330 e. The number of benzene rings is 1. The van der Waals surface area contributed by atoms with Crippen LogP contribution in [0.1, 0.15) is 25.7 Å². The van der Waals surface area contributed by atoms with Gasteiger partial charge in [0.25, 0.3) is 0 Å². The number of nitrogens with zero attached hydrogens (tertiary/aromatic N) is 3. The molecule has 0 saturated carbocycles. The summed E-state index contributed by atoms with van der Waals surface area (Å²) in [7, 11) is 0. The molecule has 0 unspecified atom stereocenters. The van der Waals surface area contributed by atoms with Gasteiger partial charge in [0, 0.05) is 17.7 Å². The van der Waals surface area contributed by atoms with E-state index in [2.05, 4.69) is 25.9 Å². The Labute approximate surface area is 117 Å². The van der Waals surface area contributed by atoms with E-state index in [1.807, 2.05) is 24.3 Å². The first-order valence-corrected chi connectivity index (χ1v) is 6.63. The molecule has 1 aromatic carbocycles. The molecule has 0 spiro atoms. The molecule has 2 rings (SSSR count). The Morgan fingerprint density at radius 1 is 1.30 bits per heavy atom. The Bertz CT molecular complexity index is 540. The highest BCUT2D eigenvalue weighted by atomic mass is 16.1. The van der Waals surface area contributed by atoms with Crippen molar-refractivity contribution in [2.75, 3.05) is 11.9 Å². The molecule has 7 nitrogen and oxygen atoms in total. The van der Waals surface area contributed by atoms with Crippen LogP contribution in [0.5, 0.6) is 0 Å². The number of rotatable bonds is 7. The van der Waals surface area contributed by atoms with Crippen molar-refractivity contribution in [3.63, 3.8) is 0 Å². The molecule has 20 heavy (non-hydrogen) atoms. The first-order chi connectivity index (χ1) is 9.79. The number of nitrogens with two attached hydrogens (primary N) is 1. The lowest BCUT2D eigenvalue weighted by molar-refractivity contribution is -0.116. The summed E-state index contributed by atoms with van der Waals surface area (Å²) in [6, 6.07) is 7.36. The Kier molecular flexibility index (Phi) is 5.19. The molecule has 0 aliphatic heterocycles. The van der Waals surface area contributed by atoms with Crippen molar-refractivity contribution in [2.24, 2.45) is 5.73 Å². The number of unbranched alkanes of at least 4 members (excludes halogenated alkanes) is 2. The number of amides is 1. The van der Waals surface area contributed by atoms with Crippen molar-refractivity contribution < 1.29 is 4.79 Å². The predicted octanol–water partition coefficient (Wildman–Crippen LogP) is 1.32. The van der Waals surface area contributed by atoms with Gasteiger partial charge in [0.05, 0.1) is 0 Å². The molecule has 0 aliphatic rings. The molecular weight excluding hydrogens is 256 g/mol. The highest BCUT2D eigenvalue weighted by Crippen LogP contribution is 2.18. The van der Waals surface area contributed by atoms with Crippen LogP contribution in [0.2, 0.25) is 0 Å². The van der Waals surface area contributed by atoms with Crippen LogP contribution in [0, 0.1) is 0 Å². The van der Waals surface area contributed by atoms with Crippen molar-refractivity contribution in [3.8, 4) is 11.4 Å². The van der Waals surface area contributed by atoms with Gasteiger partial charge in [-0.15, -0.1) is 10.2 Å². The molecule has 1 amide bonds. The van der Waals surface area contributed by atoms with E-state index in [4.69, 9.17) is 5.73 Å². The Morgan fingerprint density at radius 3 is 2.95 bits per heavy atom. The number of anilines is 1. The van der Waals surface area contributed by atoms with Crippen molar-refractivity contribution in [2.45, 2.75) is 25.7 Å². The molecule has 1 aromatic heterocycles. The third kappa shape index (κ3) is 4.13. The lowest BCUT2D eigenvalue weighted by Crippen LogP contribution is -2.11. The van der Waals surface area contributed by atoms with Gasteiger partial charge in [0.1, 0.15) is 0 Å². The summed E-state index contributed by atoms with van der Waals surface area (Å²) in [6.45, 7) is 0.675. The van der Waals surface area contributed by atoms with Gasteiger partial charge in [0.15, 0.2) is 0 Å². The van der Waals surface area contributed by atoms with Gasteiger partial charge in [-0.1, -0.05) is 18.6 Å². The third-order valence-electron chi connectivity index (χ3n) is 2.86. The van der Waals surface area contributed by atoms with Gasteiger partial charge in [-0.3, -0.25) is 4.79 Å². The Morgan fingerprint density at radius 2 is 2.20 bits per heavy atom. The molecule has 0 aliphatic carbocycles. The number of aromatic amines is 1. The molecule has 7 heteroatoms. The largest absolute Gasteiger partial charge is 0.330 e. The zero-order valence-corrected chi connectivity index (χ0v) is 11.2. The van der Waals surface area contributed by atoms with Gasteiger partial charge >= 0.3 is 0 Å². The number of tetrazole rings is 1. The minimum atomic E-state index is 0.00674. The van der Waals surface area contributed by atoms with Crippen LogP contribution in [0.4, 0.5) is 5.69 Å². The summed E-state index contributed by atoms with van der Waals surface area (Å²) in [6.07, 6.45) is 3.30. The number of H-pyrrole nitrogens is 1. The van der Waals surface area contributed by atoms with Gasteiger partial charge in [-0.05, 0) is 36.7 Å². The fraction of sp³-hybridized carbons (Fsp3) is 0.385. The van der Waals surface area contributed by atoms with E-state index >= 15 is 0 Å². The summed E-state index contributed by atoms with van der Waals surface area (Å²) in [5.74, 6) is 0.510. The lowest BCUT2D eigenvalue weighted by atomic mass is 10.1. The molecule has 0 saturated heterocycles. The molecule has 1 heterocycles. The zero-order valence-electron chi connectivity index (χ0n) is 11.2. The first-order valence-electron chi connectivity index (χ1n) is 6.63. The number of carbonyl (C=O) groups is 1. The normalized spacial score (nSPS) is 10.4.